The number of hydrogen-bond acceptors (Lipinski definition) is 4. The number of fused-ring (bicyclic) bond motifs is 6. The van der Waals surface area contributed by atoms with E-state index in [1.807, 2.05) is 0 Å². The van der Waals surface area contributed by atoms with Crippen LogP contribution in [0.4, 0.5) is 0 Å². The maximum absolute atomic E-state index is 12.3. The van der Waals surface area contributed by atoms with E-state index in [0.717, 1.165) is 37.7 Å². The molecule has 1 aliphatic heterocycles. The number of carboxylic acids is 1. The van der Waals surface area contributed by atoms with Crippen LogP contribution in [-0.2, 0) is 19.1 Å². The third-order valence-electron chi connectivity index (χ3n) is 9.04. The molecule has 0 radical (unpaired) electrons. The highest BCUT2D eigenvalue weighted by Crippen LogP contribution is 2.68. The summed E-state index contributed by atoms with van der Waals surface area (Å²) in [6.45, 7) is 4.42. The van der Waals surface area contributed by atoms with Crippen LogP contribution in [0.5, 0.6) is 0 Å². The number of aliphatic carboxylic acids is 1. The molecule has 5 heteroatoms. The minimum absolute atomic E-state index is 0.0368. The fourth-order valence-corrected chi connectivity index (χ4v) is 7.39. The molecule has 2 saturated carbocycles. The Kier molecular flexibility index (Phi) is 3.61. The van der Waals surface area contributed by atoms with Crippen LogP contribution in [-0.4, -0.2) is 28.4 Å². The van der Waals surface area contributed by atoms with Gasteiger partial charge in [-0.15, -0.1) is 0 Å². The topological polar surface area (TPSA) is 80.7 Å². The van der Waals surface area contributed by atoms with Gasteiger partial charge in [0.05, 0.1) is 5.92 Å². The number of carboxylic acid groups (broad SMARTS) is 1. The highest BCUT2D eigenvalue weighted by Gasteiger charge is 2.67. The maximum Gasteiger partial charge on any atom is 0.307 e. The van der Waals surface area contributed by atoms with Gasteiger partial charge in [0.25, 0.3) is 0 Å². The van der Waals surface area contributed by atoms with Crippen molar-refractivity contribution < 1.29 is 24.2 Å². The fourth-order valence-electron chi connectivity index (χ4n) is 7.39. The first kappa shape index (κ1) is 18.1. The number of ether oxygens (including phenoxy) is 1. The molecule has 0 bridgehead atoms. The standard InChI is InChI=1S/C23H28O5/c1-21-7-3-14(24)11-13(21)12-15(20(26)27)19-16(21)4-8-22(2)17(19)5-9-23(22)10-6-18(25)28-23/h4,11,15,17,19H,3,5-10,12H2,1-2H3,(H,26,27)/t15-,17?,19?,21+,22+,23-/m1/s1. The largest absolute Gasteiger partial charge is 0.481 e. The molecule has 2 unspecified atom stereocenters. The highest BCUT2D eigenvalue weighted by atomic mass is 16.6. The van der Waals surface area contributed by atoms with Gasteiger partial charge in [0.1, 0.15) is 5.60 Å². The fraction of sp³-hybridized carbons (Fsp3) is 0.696. The van der Waals surface area contributed by atoms with Crippen LogP contribution in [0.1, 0.15) is 65.2 Å². The van der Waals surface area contributed by atoms with Crippen molar-refractivity contribution in [1.29, 1.82) is 0 Å². The Morgan fingerprint density at radius 2 is 1.96 bits per heavy atom. The second kappa shape index (κ2) is 5.58. The summed E-state index contributed by atoms with van der Waals surface area (Å²) < 4.78 is 5.93. The third-order valence-corrected chi connectivity index (χ3v) is 9.04. The van der Waals surface area contributed by atoms with Gasteiger partial charge in [-0.05, 0) is 56.4 Å². The van der Waals surface area contributed by atoms with E-state index >= 15 is 0 Å². The Balaban J connectivity index is 1.63. The molecule has 1 saturated heterocycles. The molecule has 150 valence electrons. The highest BCUT2D eigenvalue weighted by molar-refractivity contribution is 5.92. The molecule has 1 N–H and O–H groups in total. The number of ketones is 1. The van der Waals surface area contributed by atoms with Crippen molar-refractivity contribution in [3.63, 3.8) is 0 Å². The number of carbonyl (C=O) groups excluding carboxylic acids is 2. The van der Waals surface area contributed by atoms with Gasteiger partial charge in [-0.1, -0.05) is 31.1 Å². The number of hydrogen-bond donors (Lipinski definition) is 1. The van der Waals surface area contributed by atoms with Crippen molar-refractivity contribution in [3.05, 3.63) is 23.3 Å². The molecule has 5 aliphatic rings. The van der Waals surface area contributed by atoms with Gasteiger partial charge in [0.2, 0.25) is 0 Å². The van der Waals surface area contributed by atoms with Crippen LogP contribution in [0.3, 0.4) is 0 Å². The first-order valence-electron chi connectivity index (χ1n) is 10.6. The second-order valence-electron chi connectivity index (χ2n) is 10.0. The van der Waals surface area contributed by atoms with E-state index in [1.165, 1.54) is 5.57 Å². The molecule has 0 aromatic carbocycles. The van der Waals surface area contributed by atoms with E-state index in [0.29, 0.717) is 19.3 Å². The molecule has 6 atom stereocenters. The summed E-state index contributed by atoms with van der Waals surface area (Å²) in [6, 6.07) is 0. The molecular weight excluding hydrogens is 356 g/mol. The molecule has 3 fully saturated rings. The molecule has 1 spiro atoms. The summed E-state index contributed by atoms with van der Waals surface area (Å²) in [5, 5.41) is 10.1. The maximum atomic E-state index is 12.3. The SMILES string of the molecule is C[C@]12CCC(=O)C=C1C[C@@H](C(=O)O)C1C2=CC[C@@]2(C)C1CC[C@@]21CCC(=O)O1. The van der Waals surface area contributed by atoms with E-state index in [-0.39, 0.29) is 34.4 Å². The molecule has 0 amide bonds. The summed E-state index contributed by atoms with van der Waals surface area (Å²) >= 11 is 0. The predicted molar refractivity (Wildman–Crippen MR) is 101 cm³/mol. The van der Waals surface area contributed by atoms with Crippen LogP contribution in [0.15, 0.2) is 23.3 Å². The molecule has 4 aliphatic carbocycles. The van der Waals surface area contributed by atoms with E-state index < -0.39 is 17.5 Å². The molecule has 5 rings (SSSR count). The van der Waals surface area contributed by atoms with Crippen LogP contribution >= 0.6 is 0 Å². The average Bonchev–Trinajstić information content (AvgIpc) is 3.16. The van der Waals surface area contributed by atoms with E-state index in [4.69, 9.17) is 4.74 Å². The molecular formula is C23H28O5. The Morgan fingerprint density at radius 3 is 2.64 bits per heavy atom. The van der Waals surface area contributed by atoms with Crippen LogP contribution in [0.2, 0.25) is 0 Å². The Labute approximate surface area is 165 Å². The van der Waals surface area contributed by atoms with Gasteiger partial charge in [0.15, 0.2) is 5.78 Å². The number of carbonyl (C=O) groups is 3. The minimum atomic E-state index is -0.773. The van der Waals surface area contributed by atoms with Gasteiger partial charge in [0, 0.05) is 23.7 Å². The third kappa shape index (κ3) is 2.11. The molecule has 1 heterocycles. The van der Waals surface area contributed by atoms with Crippen LogP contribution < -0.4 is 0 Å². The lowest BCUT2D eigenvalue weighted by atomic mass is 9.48. The van der Waals surface area contributed by atoms with Crippen molar-refractivity contribution in [2.45, 2.75) is 70.8 Å². The van der Waals surface area contributed by atoms with E-state index in [9.17, 15) is 19.5 Å². The summed E-state index contributed by atoms with van der Waals surface area (Å²) in [6.07, 6.45) is 9.53. The van der Waals surface area contributed by atoms with Gasteiger partial charge in [-0.3, -0.25) is 14.4 Å². The minimum Gasteiger partial charge on any atom is -0.481 e. The zero-order valence-corrected chi connectivity index (χ0v) is 16.6. The Hall–Kier alpha value is -1.91. The van der Waals surface area contributed by atoms with Crippen molar-refractivity contribution in [2.75, 3.05) is 0 Å². The molecule has 0 aromatic rings. The summed E-state index contributed by atoms with van der Waals surface area (Å²) in [5.41, 5.74) is 1.40. The number of rotatable bonds is 1. The zero-order chi connectivity index (χ0) is 19.9. The molecule has 28 heavy (non-hydrogen) atoms. The van der Waals surface area contributed by atoms with Crippen molar-refractivity contribution in [3.8, 4) is 0 Å². The van der Waals surface area contributed by atoms with Crippen molar-refractivity contribution >= 4 is 17.7 Å². The van der Waals surface area contributed by atoms with E-state index in [2.05, 4.69) is 19.9 Å². The first-order chi connectivity index (χ1) is 13.2. The monoisotopic (exact) mass is 384 g/mol. The lowest BCUT2D eigenvalue weighted by molar-refractivity contribution is -0.162. The average molecular weight is 384 g/mol. The molecule has 0 aromatic heterocycles. The van der Waals surface area contributed by atoms with Crippen LogP contribution in [0, 0.1) is 28.6 Å². The quantitative estimate of drug-likeness (QED) is 0.549. The van der Waals surface area contributed by atoms with Crippen molar-refractivity contribution in [2.24, 2.45) is 28.6 Å². The normalized spacial score (nSPS) is 47.0. The summed E-state index contributed by atoms with van der Waals surface area (Å²) in [5.74, 6) is -1.10. The van der Waals surface area contributed by atoms with E-state index in [1.54, 1.807) is 6.08 Å². The van der Waals surface area contributed by atoms with Gasteiger partial charge < -0.3 is 9.84 Å². The summed E-state index contributed by atoms with van der Waals surface area (Å²) in [7, 11) is 0. The number of allylic oxidation sites excluding steroid dienone is 4. The van der Waals surface area contributed by atoms with Gasteiger partial charge in [-0.25, -0.2) is 0 Å². The Bertz CT molecular complexity index is 853. The van der Waals surface area contributed by atoms with Gasteiger partial charge in [-0.2, -0.15) is 0 Å². The summed E-state index contributed by atoms with van der Waals surface area (Å²) in [4.78, 5) is 36.3. The smallest absolute Gasteiger partial charge is 0.307 e. The first-order valence-corrected chi connectivity index (χ1v) is 10.6. The molecule has 5 nitrogen and oxygen atoms in total. The lowest BCUT2D eigenvalue weighted by Gasteiger charge is -2.56. The lowest BCUT2D eigenvalue weighted by Crippen LogP contribution is -2.53. The van der Waals surface area contributed by atoms with Crippen molar-refractivity contribution in [1.82, 2.24) is 0 Å². The predicted octanol–water partition coefficient (Wildman–Crippen LogP) is 3.82. The second-order valence-corrected chi connectivity index (χ2v) is 10.0. The van der Waals surface area contributed by atoms with Gasteiger partial charge >= 0.3 is 11.9 Å². The van der Waals surface area contributed by atoms with Crippen LogP contribution in [0.25, 0.3) is 0 Å². The zero-order valence-electron chi connectivity index (χ0n) is 16.6. The Morgan fingerprint density at radius 1 is 1.18 bits per heavy atom. The number of esters is 1.